The van der Waals surface area contributed by atoms with E-state index >= 15 is 0 Å². The summed E-state index contributed by atoms with van der Waals surface area (Å²) in [5, 5.41) is 21.0. The van der Waals surface area contributed by atoms with Gasteiger partial charge in [-0.15, -0.1) is 5.10 Å². The molecule has 3 rings (SSSR count). The van der Waals surface area contributed by atoms with Gasteiger partial charge >= 0.3 is 0 Å². The second kappa shape index (κ2) is 7.31. The van der Waals surface area contributed by atoms with Crippen LogP contribution >= 0.6 is 0 Å². The van der Waals surface area contributed by atoms with E-state index in [9.17, 15) is 5.26 Å². The Labute approximate surface area is 143 Å². The minimum absolute atomic E-state index is 0.522. The first kappa shape index (κ1) is 16.3. The Balaban J connectivity index is 1.85. The van der Waals surface area contributed by atoms with E-state index in [1.54, 1.807) is 0 Å². The van der Waals surface area contributed by atoms with E-state index in [2.05, 4.69) is 38.6 Å². The summed E-state index contributed by atoms with van der Waals surface area (Å²) in [5.41, 5.74) is 4.37. The Hall–Kier alpha value is -2.61. The van der Waals surface area contributed by atoms with E-state index < -0.39 is 0 Å². The van der Waals surface area contributed by atoms with Gasteiger partial charge in [0.2, 0.25) is 0 Å². The van der Waals surface area contributed by atoms with Gasteiger partial charge in [-0.3, -0.25) is 0 Å². The zero-order chi connectivity index (χ0) is 16.9. The van der Waals surface area contributed by atoms with E-state index in [0.717, 1.165) is 30.0 Å². The standard InChI is InChI=1S/C19H23N5/c1-14-15(2)22-23-19(18(14)13-20)21-16-8-7-9-17(12-16)24-10-5-3-4-6-11-24/h7-9,12H,3-6,10-11H2,1-2H3,(H,21,23). The molecule has 124 valence electrons. The van der Waals surface area contributed by atoms with Crippen molar-refractivity contribution in [2.45, 2.75) is 39.5 Å². The van der Waals surface area contributed by atoms with Crippen molar-refractivity contribution in [1.29, 1.82) is 5.26 Å². The molecule has 0 atom stereocenters. The summed E-state index contributed by atoms with van der Waals surface area (Å²) in [4.78, 5) is 2.44. The molecule has 0 saturated carbocycles. The summed E-state index contributed by atoms with van der Waals surface area (Å²) in [5.74, 6) is 0.522. The predicted molar refractivity (Wildman–Crippen MR) is 96.6 cm³/mol. The van der Waals surface area contributed by atoms with Gasteiger partial charge < -0.3 is 10.2 Å². The summed E-state index contributed by atoms with van der Waals surface area (Å²) in [6, 6.07) is 10.6. The molecule has 5 nitrogen and oxygen atoms in total. The van der Waals surface area contributed by atoms with E-state index in [-0.39, 0.29) is 0 Å². The van der Waals surface area contributed by atoms with Gasteiger partial charge in [0.1, 0.15) is 11.6 Å². The molecule has 0 unspecified atom stereocenters. The molecule has 0 aliphatic carbocycles. The molecule has 0 spiro atoms. The highest BCUT2D eigenvalue weighted by Crippen LogP contribution is 2.26. The van der Waals surface area contributed by atoms with Gasteiger partial charge in [0.05, 0.1) is 5.69 Å². The number of nitrogens with zero attached hydrogens (tertiary/aromatic N) is 4. The number of nitriles is 1. The summed E-state index contributed by atoms with van der Waals surface area (Å²) in [7, 11) is 0. The number of hydrogen-bond acceptors (Lipinski definition) is 5. The number of hydrogen-bond donors (Lipinski definition) is 1. The van der Waals surface area contributed by atoms with Crippen molar-refractivity contribution in [1.82, 2.24) is 10.2 Å². The molecule has 1 aromatic carbocycles. The lowest BCUT2D eigenvalue weighted by molar-refractivity contribution is 0.726. The zero-order valence-electron chi connectivity index (χ0n) is 14.3. The zero-order valence-corrected chi connectivity index (χ0v) is 14.3. The van der Waals surface area contributed by atoms with Crippen molar-refractivity contribution in [3.63, 3.8) is 0 Å². The Morgan fingerprint density at radius 1 is 1.08 bits per heavy atom. The van der Waals surface area contributed by atoms with Crippen LogP contribution in [0, 0.1) is 25.2 Å². The monoisotopic (exact) mass is 321 g/mol. The van der Waals surface area contributed by atoms with Gasteiger partial charge in [0.15, 0.2) is 5.82 Å². The maximum Gasteiger partial charge on any atom is 0.171 e. The molecule has 0 radical (unpaired) electrons. The third kappa shape index (κ3) is 3.48. The number of nitrogens with one attached hydrogen (secondary N) is 1. The molecule has 1 fully saturated rings. The molecule has 2 heterocycles. The Morgan fingerprint density at radius 3 is 2.54 bits per heavy atom. The van der Waals surface area contributed by atoms with Crippen molar-refractivity contribution in [3.8, 4) is 6.07 Å². The minimum Gasteiger partial charge on any atom is -0.371 e. The molecule has 2 aromatic rings. The van der Waals surface area contributed by atoms with Crippen LogP contribution in [0.2, 0.25) is 0 Å². The second-order valence-corrected chi connectivity index (χ2v) is 6.32. The Bertz CT molecular complexity index is 755. The molecule has 0 amide bonds. The van der Waals surface area contributed by atoms with Crippen LogP contribution in [0.3, 0.4) is 0 Å². The van der Waals surface area contributed by atoms with Crippen molar-refractivity contribution in [3.05, 3.63) is 41.1 Å². The highest BCUT2D eigenvalue weighted by atomic mass is 15.2. The number of aryl methyl sites for hydroxylation is 1. The number of rotatable bonds is 3. The predicted octanol–water partition coefficient (Wildman–Crippen LogP) is 4.09. The number of aromatic nitrogens is 2. The SMILES string of the molecule is Cc1nnc(Nc2cccc(N3CCCCCC3)c2)c(C#N)c1C. The average Bonchev–Trinajstić information content (AvgIpc) is 2.88. The highest BCUT2D eigenvalue weighted by Gasteiger charge is 2.13. The van der Waals surface area contributed by atoms with Gasteiger partial charge in [0.25, 0.3) is 0 Å². The fraction of sp³-hybridized carbons (Fsp3) is 0.421. The fourth-order valence-corrected chi connectivity index (χ4v) is 3.08. The van der Waals surface area contributed by atoms with Crippen LogP contribution in [0.1, 0.15) is 42.5 Å². The summed E-state index contributed by atoms with van der Waals surface area (Å²) >= 11 is 0. The quantitative estimate of drug-likeness (QED) is 0.922. The maximum absolute atomic E-state index is 9.43. The topological polar surface area (TPSA) is 64.8 Å². The molecule has 24 heavy (non-hydrogen) atoms. The van der Waals surface area contributed by atoms with Crippen molar-refractivity contribution >= 4 is 17.2 Å². The van der Waals surface area contributed by atoms with E-state index in [1.807, 2.05) is 26.0 Å². The van der Waals surface area contributed by atoms with E-state index in [0.29, 0.717) is 11.4 Å². The van der Waals surface area contributed by atoms with Gasteiger partial charge in [-0.05, 0) is 50.5 Å². The first-order valence-electron chi connectivity index (χ1n) is 8.55. The van der Waals surface area contributed by atoms with Crippen LogP contribution in [0.4, 0.5) is 17.2 Å². The summed E-state index contributed by atoms with van der Waals surface area (Å²) < 4.78 is 0. The third-order valence-electron chi connectivity index (χ3n) is 4.65. The van der Waals surface area contributed by atoms with E-state index in [1.165, 1.54) is 31.4 Å². The van der Waals surface area contributed by atoms with E-state index in [4.69, 9.17) is 0 Å². The highest BCUT2D eigenvalue weighted by molar-refractivity contribution is 5.67. The first-order valence-corrected chi connectivity index (χ1v) is 8.55. The van der Waals surface area contributed by atoms with Crippen LogP contribution in [0.15, 0.2) is 24.3 Å². The molecule has 1 aliphatic heterocycles. The van der Waals surface area contributed by atoms with Crippen LogP contribution in [0.25, 0.3) is 0 Å². The van der Waals surface area contributed by atoms with Crippen molar-refractivity contribution in [2.75, 3.05) is 23.3 Å². The van der Waals surface area contributed by atoms with Crippen molar-refractivity contribution in [2.24, 2.45) is 0 Å². The van der Waals surface area contributed by atoms with Crippen LogP contribution in [0.5, 0.6) is 0 Å². The van der Waals surface area contributed by atoms with Crippen LogP contribution in [-0.4, -0.2) is 23.3 Å². The second-order valence-electron chi connectivity index (χ2n) is 6.32. The van der Waals surface area contributed by atoms with Gasteiger partial charge in [0, 0.05) is 24.5 Å². The van der Waals surface area contributed by atoms with Crippen LogP contribution in [-0.2, 0) is 0 Å². The first-order chi connectivity index (χ1) is 11.7. The lowest BCUT2D eigenvalue weighted by atomic mass is 10.1. The van der Waals surface area contributed by atoms with Gasteiger partial charge in [-0.2, -0.15) is 10.4 Å². The molecular formula is C19H23N5. The smallest absolute Gasteiger partial charge is 0.171 e. The summed E-state index contributed by atoms with van der Waals surface area (Å²) in [6.07, 6.45) is 5.13. The normalized spacial score (nSPS) is 14.8. The molecular weight excluding hydrogens is 298 g/mol. The number of benzene rings is 1. The number of anilines is 3. The average molecular weight is 321 g/mol. The Kier molecular flexibility index (Phi) is 4.95. The molecule has 1 N–H and O–H groups in total. The molecule has 1 aliphatic rings. The molecule has 0 bridgehead atoms. The fourth-order valence-electron chi connectivity index (χ4n) is 3.08. The maximum atomic E-state index is 9.43. The minimum atomic E-state index is 0.522. The lowest BCUT2D eigenvalue weighted by Gasteiger charge is -2.23. The largest absolute Gasteiger partial charge is 0.371 e. The lowest BCUT2D eigenvalue weighted by Crippen LogP contribution is -2.23. The summed E-state index contributed by atoms with van der Waals surface area (Å²) in [6.45, 7) is 5.99. The van der Waals surface area contributed by atoms with Gasteiger partial charge in [-0.25, -0.2) is 0 Å². The molecule has 1 saturated heterocycles. The van der Waals surface area contributed by atoms with Gasteiger partial charge in [-0.1, -0.05) is 18.9 Å². The van der Waals surface area contributed by atoms with Crippen LogP contribution < -0.4 is 10.2 Å². The molecule has 1 aromatic heterocycles. The molecule has 5 heteroatoms. The van der Waals surface area contributed by atoms with Crippen molar-refractivity contribution < 1.29 is 0 Å². The third-order valence-corrected chi connectivity index (χ3v) is 4.65. The Morgan fingerprint density at radius 2 is 1.83 bits per heavy atom.